The van der Waals surface area contributed by atoms with Gasteiger partial charge in [-0.3, -0.25) is 4.79 Å². The number of halogens is 3. The maximum Gasteiger partial charge on any atom is 0.490 e. The largest absolute Gasteiger partial charge is 0.490 e. The Bertz CT molecular complexity index is 819. The molecule has 0 radical (unpaired) electrons. The van der Waals surface area contributed by atoms with E-state index >= 15 is 0 Å². The molecule has 176 valence electrons. The summed E-state index contributed by atoms with van der Waals surface area (Å²) in [5, 5.41) is 12.2. The number of thiophene rings is 1. The van der Waals surface area contributed by atoms with Gasteiger partial charge < -0.3 is 15.3 Å². The lowest BCUT2D eigenvalue weighted by molar-refractivity contribution is -0.192. The second-order valence-electron chi connectivity index (χ2n) is 7.18. The van der Waals surface area contributed by atoms with Gasteiger partial charge >= 0.3 is 12.1 Å². The number of carboxylic acids is 1. The predicted octanol–water partition coefficient (Wildman–Crippen LogP) is 2.00. The van der Waals surface area contributed by atoms with Crippen LogP contribution in [0.15, 0.2) is 17.5 Å². The van der Waals surface area contributed by atoms with Crippen LogP contribution in [0.25, 0.3) is 0 Å². The molecule has 0 atom stereocenters. The molecule has 2 heterocycles. The van der Waals surface area contributed by atoms with Crippen molar-refractivity contribution in [3.05, 3.63) is 22.4 Å². The lowest BCUT2D eigenvalue weighted by Gasteiger charge is -2.31. The van der Waals surface area contributed by atoms with Crippen molar-refractivity contribution in [3.8, 4) is 0 Å². The SMILES string of the molecule is O=C(O)C(F)(F)F.O=C(c1cccs1)N(CCS(=O)(=O)N1CCNCC1)C1CCCC1. The van der Waals surface area contributed by atoms with E-state index in [1.165, 1.54) is 11.3 Å². The maximum atomic E-state index is 12.8. The van der Waals surface area contributed by atoms with Gasteiger partial charge in [0.1, 0.15) is 0 Å². The zero-order chi connectivity index (χ0) is 23.1. The summed E-state index contributed by atoms with van der Waals surface area (Å²) in [7, 11) is -3.31. The first-order chi connectivity index (χ1) is 14.5. The maximum absolute atomic E-state index is 12.8. The number of carbonyl (C=O) groups is 2. The van der Waals surface area contributed by atoms with Crippen molar-refractivity contribution in [1.29, 1.82) is 0 Å². The molecule has 2 fully saturated rings. The molecule has 0 spiro atoms. The Morgan fingerprint density at radius 2 is 1.81 bits per heavy atom. The number of nitrogens with zero attached hydrogens (tertiary/aromatic N) is 2. The molecular formula is C18H26F3N3O5S2. The fourth-order valence-corrected chi connectivity index (χ4v) is 5.58. The van der Waals surface area contributed by atoms with E-state index in [0.29, 0.717) is 31.1 Å². The lowest BCUT2D eigenvalue weighted by Crippen LogP contribution is -2.49. The van der Waals surface area contributed by atoms with Crippen LogP contribution in [0.2, 0.25) is 0 Å². The molecule has 2 N–H and O–H groups in total. The van der Waals surface area contributed by atoms with Crippen molar-refractivity contribution in [2.75, 3.05) is 38.5 Å². The third-order valence-corrected chi connectivity index (χ3v) is 7.77. The minimum absolute atomic E-state index is 0.0145. The second kappa shape index (κ2) is 11.2. The summed E-state index contributed by atoms with van der Waals surface area (Å²) in [6.07, 6.45) is -0.900. The van der Waals surface area contributed by atoms with Gasteiger partial charge in [-0.1, -0.05) is 18.9 Å². The number of sulfonamides is 1. The highest BCUT2D eigenvalue weighted by Gasteiger charge is 2.38. The van der Waals surface area contributed by atoms with E-state index in [9.17, 15) is 26.4 Å². The summed E-state index contributed by atoms with van der Waals surface area (Å²) in [5.74, 6) is -2.76. The normalized spacial score (nSPS) is 18.3. The van der Waals surface area contributed by atoms with Gasteiger partial charge in [-0.2, -0.15) is 17.5 Å². The van der Waals surface area contributed by atoms with Gasteiger partial charge in [0.2, 0.25) is 10.0 Å². The molecule has 1 saturated heterocycles. The predicted molar refractivity (Wildman–Crippen MR) is 110 cm³/mol. The van der Waals surface area contributed by atoms with Crippen molar-refractivity contribution in [3.63, 3.8) is 0 Å². The summed E-state index contributed by atoms with van der Waals surface area (Å²) in [6.45, 7) is 2.71. The monoisotopic (exact) mass is 485 g/mol. The van der Waals surface area contributed by atoms with Crippen molar-refractivity contribution in [2.24, 2.45) is 0 Å². The summed E-state index contributed by atoms with van der Waals surface area (Å²) in [4.78, 5) is 24.2. The van der Waals surface area contributed by atoms with E-state index in [0.717, 1.165) is 25.7 Å². The number of aliphatic carboxylic acids is 1. The summed E-state index contributed by atoms with van der Waals surface area (Å²) < 4.78 is 58.4. The van der Waals surface area contributed by atoms with Crippen LogP contribution in [0.4, 0.5) is 13.2 Å². The molecule has 3 rings (SSSR count). The Morgan fingerprint density at radius 3 is 2.29 bits per heavy atom. The number of nitrogens with one attached hydrogen (secondary N) is 1. The van der Waals surface area contributed by atoms with Crippen molar-refractivity contribution in [2.45, 2.75) is 37.9 Å². The zero-order valence-corrected chi connectivity index (χ0v) is 18.4. The highest BCUT2D eigenvalue weighted by molar-refractivity contribution is 7.89. The van der Waals surface area contributed by atoms with Crippen molar-refractivity contribution < 1.29 is 36.3 Å². The number of piperazine rings is 1. The Balaban J connectivity index is 0.000000423. The van der Waals surface area contributed by atoms with E-state index in [2.05, 4.69) is 5.32 Å². The van der Waals surface area contributed by atoms with Gasteiger partial charge in [0, 0.05) is 38.8 Å². The van der Waals surface area contributed by atoms with Crippen LogP contribution in [0.5, 0.6) is 0 Å². The third kappa shape index (κ3) is 7.74. The van der Waals surface area contributed by atoms with Crippen molar-refractivity contribution >= 4 is 33.2 Å². The molecule has 31 heavy (non-hydrogen) atoms. The van der Waals surface area contributed by atoms with Gasteiger partial charge in [-0.25, -0.2) is 13.2 Å². The smallest absolute Gasteiger partial charge is 0.475 e. The quantitative estimate of drug-likeness (QED) is 0.638. The van der Waals surface area contributed by atoms with Crippen LogP contribution in [-0.2, 0) is 14.8 Å². The molecular weight excluding hydrogens is 459 g/mol. The van der Waals surface area contributed by atoms with Gasteiger partial charge in [0.15, 0.2) is 0 Å². The number of rotatable bonds is 6. The van der Waals surface area contributed by atoms with Crippen LogP contribution < -0.4 is 5.32 Å². The molecule has 2 aliphatic rings. The average molecular weight is 486 g/mol. The number of alkyl halides is 3. The van der Waals surface area contributed by atoms with Crippen LogP contribution in [-0.4, -0.2) is 85.3 Å². The summed E-state index contributed by atoms with van der Waals surface area (Å²) in [5.41, 5.74) is 0. The molecule has 13 heteroatoms. The Hall–Kier alpha value is -1.70. The number of amides is 1. The van der Waals surface area contributed by atoms with E-state index in [4.69, 9.17) is 9.90 Å². The highest BCUT2D eigenvalue weighted by Crippen LogP contribution is 2.26. The topological polar surface area (TPSA) is 107 Å². The van der Waals surface area contributed by atoms with E-state index < -0.39 is 22.2 Å². The molecule has 8 nitrogen and oxygen atoms in total. The first kappa shape index (κ1) is 25.6. The number of carbonyl (C=O) groups excluding carboxylic acids is 1. The molecule has 1 amide bonds. The van der Waals surface area contributed by atoms with Gasteiger partial charge in [0.25, 0.3) is 5.91 Å². The zero-order valence-electron chi connectivity index (χ0n) is 16.8. The molecule has 1 aliphatic carbocycles. The summed E-state index contributed by atoms with van der Waals surface area (Å²) in [6, 6.07) is 3.86. The number of hydrogen-bond donors (Lipinski definition) is 2. The fraction of sp³-hybridized carbons (Fsp3) is 0.667. The van der Waals surface area contributed by atoms with E-state index in [1.807, 2.05) is 17.5 Å². The van der Waals surface area contributed by atoms with Gasteiger partial charge in [0.05, 0.1) is 10.6 Å². The number of carboxylic acid groups (broad SMARTS) is 1. The van der Waals surface area contributed by atoms with E-state index in [1.54, 1.807) is 9.21 Å². The molecule has 1 aromatic rings. The molecule has 1 aliphatic heterocycles. The molecule has 1 saturated carbocycles. The Labute approximate surface area is 183 Å². The van der Waals surface area contributed by atoms with Crippen LogP contribution in [0, 0.1) is 0 Å². The van der Waals surface area contributed by atoms with Gasteiger partial charge in [-0.15, -0.1) is 11.3 Å². The lowest BCUT2D eigenvalue weighted by atomic mass is 10.2. The molecule has 0 aromatic carbocycles. The molecule has 0 unspecified atom stereocenters. The highest BCUT2D eigenvalue weighted by atomic mass is 32.2. The first-order valence-electron chi connectivity index (χ1n) is 9.85. The average Bonchev–Trinajstić information content (AvgIpc) is 3.43. The van der Waals surface area contributed by atoms with Crippen molar-refractivity contribution in [1.82, 2.24) is 14.5 Å². The first-order valence-corrected chi connectivity index (χ1v) is 12.3. The summed E-state index contributed by atoms with van der Waals surface area (Å²) >= 11 is 1.42. The van der Waals surface area contributed by atoms with E-state index in [-0.39, 0.29) is 24.2 Å². The minimum atomic E-state index is -5.08. The minimum Gasteiger partial charge on any atom is -0.475 e. The van der Waals surface area contributed by atoms with Crippen LogP contribution >= 0.6 is 11.3 Å². The number of hydrogen-bond acceptors (Lipinski definition) is 6. The Kier molecular flexibility index (Phi) is 9.28. The van der Waals surface area contributed by atoms with Crippen LogP contribution in [0.1, 0.15) is 35.4 Å². The van der Waals surface area contributed by atoms with Crippen LogP contribution in [0.3, 0.4) is 0 Å². The standard InChI is InChI=1S/C16H25N3O3S2.C2HF3O2/c20-16(15-6-3-12-23-15)19(14-4-1-2-5-14)11-13-24(21,22)18-9-7-17-8-10-18;3-2(4,5)1(6)7/h3,6,12,14,17H,1-2,4-5,7-11,13H2;(H,6,7). The molecule has 1 aromatic heterocycles. The van der Waals surface area contributed by atoms with Gasteiger partial charge in [-0.05, 0) is 24.3 Å². The Morgan fingerprint density at radius 1 is 1.23 bits per heavy atom. The molecule has 0 bridgehead atoms. The second-order valence-corrected chi connectivity index (χ2v) is 10.2. The third-order valence-electron chi connectivity index (χ3n) is 5.06. The fourth-order valence-electron chi connectivity index (χ4n) is 3.47.